The summed E-state index contributed by atoms with van der Waals surface area (Å²) in [5.41, 5.74) is 0.224. The predicted molar refractivity (Wildman–Crippen MR) is 71.4 cm³/mol. The molecule has 1 aromatic rings. The van der Waals surface area contributed by atoms with Crippen molar-refractivity contribution in [3.05, 3.63) is 29.8 Å². The van der Waals surface area contributed by atoms with Crippen LogP contribution in [0.3, 0.4) is 0 Å². The van der Waals surface area contributed by atoms with E-state index in [9.17, 15) is 13.6 Å². The molecule has 1 unspecified atom stereocenters. The van der Waals surface area contributed by atoms with Crippen molar-refractivity contribution in [3.8, 4) is 0 Å². The number of carbonyl (C=O) groups excluding carboxylic acids is 1. The molecule has 0 aromatic heterocycles. The number of carbonyl (C=O) groups is 1. The van der Waals surface area contributed by atoms with Crippen molar-refractivity contribution >= 4 is 11.7 Å². The van der Waals surface area contributed by atoms with Crippen LogP contribution < -0.4 is 5.32 Å². The van der Waals surface area contributed by atoms with Gasteiger partial charge >= 0.3 is 6.03 Å². The van der Waals surface area contributed by atoms with E-state index < -0.39 is 11.6 Å². The van der Waals surface area contributed by atoms with Crippen LogP contribution in [0, 0.1) is 11.6 Å². The number of aliphatic hydroxyl groups excluding tert-OH is 1. The molecule has 1 heterocycles. The maximum absolute atomic E-state index is 13.1. The van der Waals surface area contributed by atoms with Gasteiger partial charge in [-0.3, -0.25) is 0 Å². The number of aliphatic hydroxyl groups is 1. The quantitative estimate of drug-likeness (QED) is 0.896. The molecule has 1 aliphatic rings. The summed E-state index contributed by atoms with van der Waals surface area (Å²) in [7, 11) is 0. The largest absolute Gasteiger partial charge is 0.396 e. The zero-order chi connectivity index (χ0) is 14.5. The van der Waals surface area contributed by atoms with Crippen molar-refractivity contribution in [1.82, 2.24) is 4.90 Å². The molecular weight excluding hydrogens is 266 g/mol. The Bertz CT molecular complexity index is 480. The second-order valence-electron chi connectivity index (χ2n) is 4.91. The molecule has 0 radical (unpaired) electrons. The highest BCUT2D eigenvalue weighted by Crippen LogP contribution is 2.21. The van der Waals surface area contributed by atoms with E-state index in [-0.39, 0.29) is 24.4 Å². The number of benzene rings is 1. The first-order chi connectivity index (χ1) is 9.61. The van der Waals surface area contributed by atoms with E-state index in [4.69, 9.17) is 5.11 Å². The van der Waals surface area contributed by atoms with Crippen LogP contribution in [0.5, 0.6) is 0 Å². The maximum Gasteiger partial charge on any atom is 0.322 e. The van der Waals surface area contributed by atoms with E-state index in [1.54, 1.807) is 4.90 Å². The summed E-state index contributed by atoms with van der Waals surface area (Å²) >= 11 is 0. The summed E-state index contributed by atoms with van der Waals surface area (Å²) in [5.74, 6) is -1.94. The van der Waals surface area contributed by atoms with Crippen molar-refractivity contribution in [1.29, 1.82) is 0 Å². The molecule has 0 saturated carbocycles. The highest BCUT2D eigenvalue weighted by Gasteiger charge is 2.26. The lowest BCUT2D eigenvalue weighted by molar-refractivity contribution is 0.141. The fourth-order valence-electron chi connectivity index (χ4n) is 2.49. The number of rotatable bonds is 3. The van der Waals surface area contributed by atoms with E-state index >= 15 is 0 Å². The van der Waals surface area contributed by atoms with Crippen molar-refractivity contribution in [2.45, 2.75) is 31.7 Å². The summed E-state index contributed by atoms with van der Waals surface area (Å²) in [5, 5.41) is 11.6. The minimum atomic E-state index is -0.992. The van der Waals surface area contributed by atoms with Gasteiger partial charge in [0, 0.05) is 30.9 Å². The Labute approximate surface area is 116 Å². The second kappa shape index (κ2) is 6.65. The lowest BCUT2D eigenvalue weighted by Gasteiger charge is -2.35. The Morgan fingerprint density at radius 1 is 1.35 bits per heavy atom. The highest BCUT2D eigenvalue weighted by molar-refractivity contribution is 5.89. The monoisotopic (exact) mass is 284 g/mol. The molecule has 1 fully saturated rings. The molecule has 4 nitrogen and oxygen atoms in total. The van der Waals surface area contributed by atoms with Crippen LogP contribution >= 0.6 is 0 Å². The summed E-state index contributed by atoms with van der Waals surface area (Å²) in [6.45, 7) is 0.639. The molecular formula is C14H18F2N2O2. The van der Waals surface area contributed by atoms with Crippen LogP contribution in [0.2, 0.25) is 0 Å². The number of piperidine rings is 1. The summed E-state index contributed by atoms with van der Waals surface area (Å²) in [6, 6.07) is 2.92. The first-order valence-electron chi connectivity index (χ1n) is 6.75. The average Bonchev–Trinajstić information content (AvgIpc) is 2.44. The van der Waals surface area contributed by atoms with Crippen molar-refractivity contribution in [2.24, 2.45) is 0 Å². The normalized spacial score (nSPS) is 18.9. The molecule has 2 rings (SSSR count). The minimum absolute atomic E-state index is 0.000884. The van der Waals surface area contributed by atoms with Crippen LogP contribution in [-0.2, 0) is 0 Å². The van der Waals surface area contributed by atoms with E-state index in [0.29, 0.717) is 13.0 Å². The molecule has 0 spiro atoms. The van der Waals surface area contributed by atoms with Gasteiger partial charge in [0.1, 0.15) is 0 Å². The Balaban J connectivity index is 2.03. The fourth-order valence-corrected chi connectivity index (χ4v) is 2.49. The standard InChI is InChI=1S/C14H18F2N2O2/c15-12-5-4-10(9-13(12)16)17-14(20)18-7-2-1-3-11(18)6-8-19/h4-5,9,11,19H,1-3,6-8H2,(H,17,20). The molecule has 1 aliphatic heterocycles. The number of hydrogen-bond donors (Lipinski definition) is 2. The number of amides is 2. The molecule has 110 valence electrons. The van der Waals surface area contributed by atoms with E-state index in [1.165, 1.54) is 6.07 Å². The Morgan fingerprint density at radius 2 is 2.15 bits per heavy atom. The number of anilines is 1. The summed E-state index contributed by atoms with van der Waals surface area (Å²) in [4.78, 5) is 13.8. The molecule has 0 aliphatic carbocycles. The minimum Gasteiger partial charge on any atom is -0.396 e. The van der Waals surface area contributed by atoms with Gasteiger partial charge in [0.15, 0.2) is 11.6 Å². The topological polar surface area (TPSA) is 52.6 Å². The van der Waals surface area contributed by atoms with Gasteiger partial charge in [-0.25, -0.2) is 13.6 Å². The number of urea groups is 1. The Hall–Kier alpha value is -1.69. The number of nitrogens with zero attached hydrogens (tertiary/aromatic N) is 1. The number of nitrogens with one attached hydrogen (secondary N) is 1. The third-order valence-electron chi connectivity index (χ3n) is 3.52. The predicted octanol–water partition coefficient (Wildman–Crippen LogP) is 2.73. The van der Waals surface area contributed by atoms with E-state index in [0.717, 1.165) is 31.4 Å². The van der Waals surface area contributed by atoms with E-state index in [2.05, 4.69) is 5.32 Å². The molecule has 6 heteroatoms. The second-order valence-corrected chi connectivity index (χ2v) is 4.91. The van der Waals surface area contributed by atoms with Crippen LogP contribution in [0.25, 0.3) is 0 Å². The zero-order valence-electron chi connectivity index (χ0n) is 11.1. The van der Waals surface area contributed by atoms with E-state index in [1.807, 2.05) is 0 Å². The molecule has 1 aromatic carbocycles. The van der Waals surface area contributed by atoms with Crippen molar-refractivity contribution in [2.75, 3.05) is 18.5 Å². The van der Waals surface area contributed by atoms with Gasteiger partial charge in [0.2, 0.25) is 0 Å². The molecule has 1 atom stereocenters. The molecule has 2 N–H and O–H groups in total. The van der Waals surface area contributed by atoms with Crippen molar-refractivity contribution in [3.63, 3.8) is 0 Å². The van der Waals surface area contributed by atoms with Gasteiger partial charge in [0.25, 0.3) is 0 Å². The average molecular weight is 284 g/mol. The zero-order valence-corrected chi connectivity index (χ0v) is 11.1. The molecule has 1 saturated heterocycles. The van der Waals surface area contributed by atoms with Gasteiger partial charge in [-0.15, -0.1) is 0 Å². The Morgan fingerprint density at radius 3 is 2.85 bits per heavy atom. The van der Waals surface area contributed by atoms with Gasteiger partial charge in [-0.1, -0.05) is 0 Å². The maximum atomic E-state index is 13.1. The number of halogens is 2. The van der Waals surface area contributed by atoms with Crippen LogP contribution in [0.15, 0.2) is 18.2 Å². The SMILES string of the molecule is O=C(Nc1ccc(F)c(F)c1)N1CCCCC1CCO. The fraction of sp³-hybridized carbons (Fsp3) is 0.500. The third kappa shape index (κ3) is 3.45. The lowest BCUT2D eigenvalue weighted by Crippen LogP contribution is -2.46. The number of hydrogen-bond acceptors (Lipinski definition) is 2. The smallest absolute Gasteiger partial charge is 0.322 e. The molecule has 20 heavy (non-hydrogen) atoms. The molecule has 0 bridgehead atoms. The first-order valence-corrected chi connectivity index (χ1v) is 6.75. The van der Waals surface area contributed by atoms with Gasteiger partial charge in [-0.05, 0) is 37.8 Å². The van der Waals surface area contributed by atoms with Gasteiger partial charge in [-0.2, -0.15) is 0 Å². The third-order valence-corrected chi connectivity index (χ3v) is 3.52. The van der Waals surface area contributed by atoms with Gasteiger partial charge < -0.3 is 15.3 Å². The van der Waals surface area contributed by atoms with Crippen LogP contribution in [0.1, 0.15) is 25.7 Å². The highest BCUT2D eigenvalue weighted by atomic mass is 19.2. The Kier molecular flexibility index (Phi) is 4.89. The summed E-state index contributed by atoms with van der Waals surface area (Å²) in [6.07, 6.45) is 3.32. The van der Waals surface area contributed by atoms with Crippen molar-refractivity contribution < 1.29 is 18.7 Å². The first kappa shape index (κ1) is 14.7. The number of likely N-dealkylation sites (tertiary alicyclic amines) is 1. The van der Waals surface area contributed by atoms with Crippen LogP contribution in [0.4, 0.5) is 19.3 Å². The lowest BCUT2D eigenvalue weighted by atomic mass is 10.0. The summed E-state index contributed by atoms with van der Waals surface area (Å²) < 4.78 is 25.9. The van der Waals surface area contributed by atoms with Crippen LogP contribution in [-0.4, -0.2) is 35.2 Å². The molecule has 2 amide bonds. The van der Waals surface area contributed by atoms with Gasteiger partial charge in [0.05, 0.1) is 0 Å².